The molecule has 3 heterocycles. The van der Waals surface area contributed by atoms with Gasteiger partial charge in [0.1, 0.15) is 0 Å². The standard InChI is InChI=1S/C11H16N6O2/c1-15(6-4-12-5-6)10-13-7-8(14-10)16(2)11(19)17(3)9(7)18/h6,12H,4-5H2,1-3H3,(H,13,14). The van der Waals surface area contributed by atoms with Gasteiger partial charge in [-0.1, -0.05) is 0 Å². The monoisotopic (exact) mass is 264 g/mol. The molecule has 1 aliphatic rings. The minimum Gasteiger partial charge on any atom is -0.340 e. The first-order chi connectivity index (χ1) is 9.00. The Balaban J connectivity index is 2.20. The summed E-state index contributed by atoms with van der Waals surface area (Å²) in [5, 5.41) is 3.18. The molecule has 0 radical (unpaired) electrons. The third-order valence-corrected chi connectivity index (χ3v) is 3.72. The van der Waals surface area contributed by atoms with Crippen LogP contribution in [0.1, 0.15) is 0 Å². The van der Waals surface area contributed by atoms with Gasteiger partial charge in [0.15, 0.2) is 11.2 Å². The molecule has 1 fully saturated rings. The van der Waals surface area contributed by atoms with Crippen molar-refractivity contribution in [2.75, 3.05) is 25.0 Å². The molecule has 0 aromatic carbocycles. The maximum Gasteiger partial charge on any atom is 0.332 e. The molecular formula is C11H16N6O2. The average Bonchev–Trinajstić information content (AvgIpc) is 2.76. The summed E-state index contributed by atoms with van der Waals surface area (Å²) in [7, 11) is 5.00. The molecule has 0 spiro atoms. The van der Waals surface area contributed by atoms with E-state index in [0.29, 0.717) is 23.2 Å². The lowest BCUT2D eigenvalue weighted by atomic mass is 10.1. The minimum absolute atomic E-state index is 0.350. The third kappa shape index (κ3) is 1.60. The molecule has 0 atom stereocenters. The zero-order valence-electron chi connectivity index (χ0n) is 11.1. The van der Waals surface area contributed by atoms with Crippen LogP contribution in [0.2, 0.25) is 0 Å². The quantitative estimate of drug-likeness (QED) is 0.680. The van der Waals surface area contributed by atoms with Crippen LogP contribution in [0, 0.1) is 0 Å². The van der Waals surface area contributed by atoms with E-state index in [2.05, 4.69) is 15.3 Å². The van der Waals surface area contributed by atoms with Gasteiger partial charge in [-0.15, -0.1) is 0 Å². The van der Waals surface area contributed by atoms with Gasteiger partial charge in [-0.3, -0.25) is 13.9 Å². The van der Waals surface area contributed by atoms with Crippen molar-refractivity contribution >= 4 is 17.1 Å². The molecule has 2 N–H and O–H groups in total. The fourth-order valence-electron chi connectivity index (χ4n) is 2.20. The van der Waals surface area contributed by atoms with Gasteiger partial charge in [-0.2, -0.15) is 4.98 Å². The van der Waals surface area contributed by atoms with Crippen LogP contribution in [0.15, 0.2) is 9.59 Å². The lowest BCUT2D eigenvalue weighted by Gasteiger charge is -2.35. The van der Waals surface area contributed by atoms with Crippen LogP contribution in [0.3, 0.4) is 0 Å². The number of anilines is 1. The molecule has 2 aromatic rings. The van der Waals surface area contributed by atoms with Crippen molar-refractivity contribution in [3.05, 3.63) is 20.8 Å². The highest BCUT2D eigenvalue weighted by Gasteiger charge is 2.24. The van der Waals surface area contributed by atoms with Gasteiger partial charge >= 0.3 is 5.69 Å². The smallest absolute Gasteiger partial charge is 0.332 e. The number of nitrogens with one attached hydrogen (secondary N) is 2. The minimum atomic E-state index is -0.372. The van der Waals surface area contributed by atoms with Gasteiger partial charge in [0.25, 0.3) is 5.56 Å². The van der Waals surface area contributed by atoms with Crippen molar-refractivity contribution < 1.29 is 0 Å². The number of aryl methyl sites for hydroxylation is 1. The lowest BCUT2D eigenvalue weighted by molar-refractivity contribution is 0.425. The lowest BCUT2D eigenvalue weighted by Crippen LogP contribution is -2.56. The molecule has 2 aromatic heterocycles. The highest BCUT2D eigenvalue weighted by Crippen LogP contribution is 2.15. The number of hydrogen-bond acceptors (Lipinski definition) is 5. The van der Waals surface area contributed by atoms with Crippen molar-refractivity contribution in [1.82, 2.24) is 24.4 Å². The summed E-state index contributed by atoms with van der Waals surface area (Å²) in [5.74, 6) is 0.611. The molecule has 0 aliphatic carbocycles. The number of imidazole rings is 1. The Bertz CT molecular complexity index is 751. The maximum atomic E-state index is 12.0. The predicted octanol–water partition coefficient (Wildman–Crippen LogP) is -1.63. The summed E-state index contributed by atoms with van der Waals surface area (Å²) in [6.07, 6.45) is 0. The van der Waals surface area contributed by atoms with Crippen LogP contribution in [-0.2, 0) is 14.1 Å². The van der Waals surface area contributed by atoms with Gasteiger partial charge in [0, 0.05) is 34.2 Å². The fourth-order valence-corrected chi connectivity index (χ4v) is 2.20. The number of aromatic amines is 1. The van der Waals surface area contributed by atoms with E-state index in [1.807, 2.05) is 11.9 Å². The normalized spacial score (nSPS) is 15.7. The number of hydrogen-bond donors (Lipinski definition) is 2. The summed E-state index contributed by atoms with van der Waals surface area (Å²) >= 11 is 0. The largest absolute Gasteiger partial charge is 0.340 e. The van der Waals surface area contributed by atoms with E-state index in [1.54, 1.807) is 7.05 Å². The Morgan fingerprint density at radius 1 is 1.26 bits per heavy atom. The van der Waals surface area contributed by atoms with Crippen LogP contribution in [0.4, 0.5) is 5.95 Å². The highest BCUT2D eigenvalue weighted by molar-refractivity contribution is 5.73. The van der Waals surface area contributed by atoms with Gasteiger partial charge in [0.2, 0.25) is 5.95 Å². The highest BCUT2D eigenvalue weighted by atomic mass is 16.2. The van der Waals surface area contributed by atoms with Crippen molar-refractivity contribution in [1.29, 1.82) is 0 Å². The second-order valence-corrected chi connectivity index (χ2v) is 4.89. The summed E-state index contributed by atoms with van der Waals surface area (Å²) in [4.78, 5) is 33.2. The van der Waals surface area contributed by atoms with E-state index < -0.39 is 0 Å². The molecule has 8 heteroatoms. The molecule has 19 heavy (non-hydrogen) atoms. The molecule has 8 nitrogen and oxygen atoms in total. The number of fused-ring (bicyclic) bond motifs is 1. The predicted molar refractivity (Wildman–Crippen MR) is 71.6 cm³/mol. The van der Waals surface area contributed by atoms with E-state index in [4.69, 9.17) is 0 Å². The van der Waals surface area contributed by atoms with Crippen LogP contribution in [-0.4, -0.2) is 45.3 Å². The van der Waals surface area contributed by atoms with Crippen LogP contribution >= 0.6 is 0 Å². The molecule has 0 amide bonds. The fraction of sp³-hybridized carbons (Fsp3) is 0.545. The first-order valence-electron chi connectivity index (χ1n) is 6.10. The zero-order chi connectivity index (χ0) is 13.7. The molecule has 0 saturated carbocycles. The zero-order valence-corrected chi connectivity index (χ0v) is 11.1. The summed E-state index contributed by atoms with van der Waals surface area (Å²) < 4.78 is 2.46. The van der Waals surface area contributed by atoms with E-state index in [0.717, 1.165) is 17.7 Å². The average molecular weight is 264 g/mol. The van der Waals surface area contributed by atoms with Crippen molar-refractivity contribution in [2.24, 2.45) is 14.1 Å². The second kappa shape index (κ2) is 3.95. The molecule has 3 rings (SSSR count). The van der Waals surface area contributed by atoms with Crippen molar-refractivity contribution in [3.63, 3.8) is 0 Å². The van der Waals surface area contributed by atoms with E-state index >= 15 is 0 Å². The second-order valence-electron chi connectivity index (χ2n) is 4.89. The first-order valence-corrected chi connectivity index (χ1v) is 6.10. The Morgan fingerprint density at radius 3 is 2.53 bits per heavy atom. The summed E-state index contributed by atoms with van der Waals surface area (Å²) in [5.41, 5.74) is 0.0291. The molecule has 1 saturated heterocycles. The Morgan fingerprint density at radius 2 is 1.95 bits per heavy atom. The molecule has 0 bridgehead atoms. The topological polar surface area (TPSA) is 88.0 Å². The number of nitrogens with zero attached hydrogens (tertiary/aromatic N) is 4. The number of rotatable bonds is 2. The Hall–Kier alpha value is -2.09. The van der Waals surface area contributed by atoms with Gasteiger partial charge < -0.3 is 15.2 Å². The third-order valence-electron chi connectivity index (χ3n) is 3.72. The van der Waals surface area contributed by atoms with Gasteiger partial charge in [0.05, 0.1) is 6.04 Å². The number of likely N-dealkylation sites (N-methyl/N-ethyl adjacent to an activating group) is 1. The molecular weight excluding hydrogens is 248 g/mol. The molecule has 1 aliphatic heterocycles. The van der Waals surface area contributed by atoms with Crippen molar-refractivity contribution in [2.45, 2.75) is 6.04 Å². The van der Waals surface area contributed by atoms with Crippen LogP contribution in [0.25, 0.3) is 11.2 Å². The van der Waals surface area contributed by atoms with Crippen LogP contribution < -0.4 is 21.5 Å². The molecule has 0 unspecified atom stereocenters. The maximum absolute atomic E-state index is 12.0. The van der Waals surface area contributed by atoms with E-state index in [9.17, 15) is 9.59 Å². The molecule has 102 valence electrons. The van der Waals surface area contributed by atoms with E-state index in [1.165, 1.54) is 11.6 Å². The number of H-pyrrole nitrogens is 1. The van der Waals surface area contributed by atoms with E-state index in [-0.39, 0.29) is 11.2 Å². The van der Waals surface area contributed by atoms with Gasteiger partial charge in [-0.25, -0.2) is 4.79 Å². The Labute approximate surface area is 108 Å². The Kier molecular flexibility index (Phi) is 2.49. The summed E-state index contributed by atoms with van der Waals surface area (Å²) in [6, 6.07) is 0.362. The SMILES string of the molecule is CN(c1nc2c([nH]1)c(=O)n(C)c(=O)n2C)C1CNC1. The first kappa shape index (κ1) is 12.0. The van der Waals surface area contributed by atoms with Crippen molar-refractivity contribution in [3.8, 4) is 0 Å². The van der Waals surface area contributed by atoms with Crippen LogP contribution in [0.5, 0.6) is 0 Å². The summed E-state index contributed by atoms with van der Waals surface area (Å²) in [6.45, 7) is 1.79. The van der Waals surface area contributed by atoms with Gasteiger partial charge in [-0.05, 0) is 0 Å². The number of aromatic nitrogens is 4.